The maximum atomic E-state index is 9.64. The number of hydrogen-bond acceptors (Lipinski definition) is 1. The third-order valence-corrected chi connectivity index (χ3v) is 2.33. The van der Waals surface area contributed by atoms with E-state index in [0.717, 1.165) is 18.4 Å². The van der Waals surface area contributed by atoms with E-state index in [1.165, 1.54) is 5.56 Å². The van der Waals surface area contributed by atoms with Crippen molar-refractivity contribution in [2.75, 3.05) is 0 Å². The van der Waals surface area contributed by atoms with Crippen LogP contribution in [0.25, 0.3) is 0 Å². The summed E-state index contributed by atoms with van der Waals surface area (Å²) in [4.78, 5) is 0. The van der Waals surface area contributed by atoms with E-state index in [1.807, 2.05) is 25.1 Å². The second-order valence-electron chi connectivity index (χ2n) is 3.40. The Morgan fingerprint density at radius 3 is 2.64 bits per heavy atom. The van der Waals surface area contributed by atoms with Crippen molar-refractivity contribution in [3.8, 4) is 0 Å². The van der Waals surface area contributed by atoms with Gasteiger partial charge in [-0.3, -0.25) is 0 Å². The Labute approximate surface area is 85.4 Å². The Morgan fingerprint density at radius 1 is 1.43 bits per heavy atom. The zero-order valence-corrected chi connectivity index (χ0v) is 8.53. The first-order valence-corrected chi connectivity index (χ1v) is 4.82. The molecule has 1 atom stereocenters. The van der Waals surface area contributed by atoms with E-state index in [0.29, 0.717) is 0 Å². The summed E-state index contributed by atoms with van der Waals surface area (Å²) < 4.78 is 0. The normalized spacial score (nSPS) is 11.9. The zero-order chi connectivity index (χ0) is 10.4. The van der Waals surface area contributed by atoms with Crippen LogP contribution in [0.2, 0.25) is 0 Å². The molecule has 0 heterocycles. The van der Waals surface area contributed by atoms with E-state index < -0.39 is 6.10 Å². The molecule has 0 spiro atoms. The van der Waals surface area contributed by atoms with Gasteiger partial charge >= 0.3 is 0 Å². The van der Waals surface area contributed by atoms with Crippen LogP contribution < -0.4 is 0 Å². The summed E-state index contributed by atoms with van der Waals surface area (Å²) in [6.45, 7) is 5.36. The van der Waals surface area contributed by atoms with Gasteiger partial charge in [-0.15, -0.1) is 5.73 Å². The predicted molar refractivity (Wildman–Crippen MR) is 59.1 cm³/mol. The molecule has 0 radical (unpaired) electrons. The number of benzene rings is 1. The molecule has 0 amide bonds. The van der Waals surface area contributed by atoms with Crippen molar-refractivity contribution in [2.24, 2.45) is 0 Å². The predicted octanol–water partition coefficient (Wildman–Crippen LogP) is 2.71. The van der Waals surface area contributed by atoms with Crippen molar-refractivity contribution >= 4 is 0 Å². The van der Waals surface area contributed by atoms with E-state index >= 15 is 0 Å². The first kappa shape index (κ1) is 10.8. The summed E-state index contributed by atoms with van der Waals surface area (Å²) in [5.74, 6) is 0. The highest BCUT2D eigenvalue weighted by molar-refractivity contribution is 5.15. The minimum absolute atomic E-state index is 0.410. The van der Waals surface area contributed by atoms with Crippen molar-refractivity contribution < 1.29 is 5.11 Å². The fourth-order valence-electron chi connectivity index (χ4n) is 1.28. The second kappa shape index (κ2) is 5.43. The molecule has 1 rings (SSSR count). The van der Waals surface area contributed by atoms with Gasteiger partial charge in [0.15, 0.2) is 0 Å². The fourth-order valence-corrected chi connectivity index (χ4v) is 1.28. The number of aliphatic hydroxyl groups is 1. The summed E-state index contributed by atoms with van der Waals surface area (Å²) in [5.41, 5.74) is 4.79. The number of hydrogen-bond donors (Lipinski definition) is 1. The topological polar surface area (TPSA) is 20.2 Å². The lowest BCUT2D eigenvalue weighted by Crippen LogP contribution is -2.08. The van der Waals surface area contributed by atoms with Crippen LogP contribution in [-0.4, -0.2) is 11.2 Å². The summed E-state index contributed by atoms with van der Waals surface area (Å²) in [7, 11) is 0. The van der Waals surface area contributed by atoms with Gasteiger partial charge in [-0.25, -0.2) is 0 Å². The molecule has 1 heteroatoms. The van der Waals surface area contributed by atoms with Crippen LogP contribution in [0.3, 0.4) is 0 Å². The van der Waals surface area contributed by atoms with Crippen LogP contribution >= 0.6 is 0 Å². The van der Waals surface area contributed by atoms with Crippen LogP contribution in [-0.2, 0) is 6.42 Å². The van der Waals surface area contributed by atoms with E-state index in [2.05, 4.69) is 24.4 Å². The Morgan fingerprint density at radius 2 is 2.07 bits per heavy atom. The maximum Gasteiger partial charge on any atom is 0.0824 e. The van der Waals surface area contributed by atoms with Crippen LogP contribution in [0, 0.1) is 0 Å². The molecule has 1 nitrogen and oxygen atoms in total. The largest absolute Gasteiger partial charge is 0.388 e. The lowest BCUT2D eigenvalue weighted by Gasteiger charge is -2.08. The molecule has 14 heavy (non-hydrogen) atoms. The maximum absolute atomic E-state index is 9.64. The van der Waals surface area contributed by atoms with Gasteiger partial charge in [0.25, 0.3) is 0 Å². The zero-order valence-electron chi connectivity index (χ0n) is 8.53. The third-order valence-electron chi connectivity index (χ3n) is 2.33. The van der Waals surface area contributed by atoms with Gasteiger partial charge in [0.05, 0.1) is 6.10 Å². The molecule has 0 aliphatic heterocycles. The van der Waals surface area contributed by atoms with Crippen molar-refractivity contribution in [2.45, 2.75) is 25.9 Å². The van der Waals surface area contributed by atoms with Gasteiger partial charge in [-0.1, -0.05) is 36.9 Å². The lowest BCUT2D eigenvalue weighted by molar-refractivity contribution is 0.201. The molecule has 0 aliphatic carbocycles. The summed E-state index contributed by atoms with van der Waals surface area (Å²) >= 11 is 0. The Kier molecular flexibility index (Phi) is 4.18. The van der Waals surface area contributed by atoms with E-state index in [1.54, 1.807) is 0 Å². The summed E-state index contributed by atoms with van der Waals surface area (Å²) in [6.07, 6.45) is 1.21. The van der Waals surface area contributed by atoms with Crippen LogP contribution in [0.15, 0.2) is 48.2 Å². The van der Waals surface area contributed by atoms with E-state index in [9.17, 15) is 5.11 Å². The van der Waals surface area contributed by atoms with Crippen LogP contribution in [0.4, 0.5) is 0 Å². The molecule has 74 valence electrons. The lowest BCUT2D eigenvalue weighted by atomic mass is 10.0. The standard InChI is InChI=1S/C13H16O/c1-3-11(2)13(14)10-9-12-7-5-4-6-8-12/h4-8,13-14H,1,9-10H2,2H3/t13-/m1/s1. The Bertz CT molecular complexity index is 320. The minimum atomic E-state index is -0.410. The van der Waals surface area contributed by atoms with Crippen molar-refractivity contribution in [1.82, 2.24) is 0 Å². The Hall–Kier alpha value is -1.30. The molecular formula is C13H16O. The average Bonchev–Trinajstić information content (AvgIpc) is 2.26. The summed E-state index contributed by atoms with van der Waals surface area (Å²) in [6, 6.07) is 10.2. The molecule has 0 bridgehead atoms. The quantitative estimate of drug-likeness (QED) is 0.720. The molecule has 0 fully saturated rings. The SMILES string of the molecule is C=C=C(C)[C@H](O)CCc1ccccc1. The molecule has 0 unspecified atom stereocenters. The molecular weight excluding hydrogens is 172 g/mol. The number of rotatable bonds is 4. The average molecular weight is 188 g/mol. The van der Waals surface area contributed by atoms with E-state index in [4.69, 9.17) is 0 Å². The molecule has 0 saturated carbocycles. The van der Waals surface area contributed by atoms with Crippen molar-refractivity contribution in [3.63, 3.8) is 0 Å². The summed E-state index contributed by atoms with van der Waals surface area (Å²) in [5, 5.41) is 9.64. The first-order valence-electron chi connectivity index (χ1n) is 4.82. The Balaban J connectivity index is 2.46. The molecule has 0 aliphatic rings. The molecule has 1 aromatic rings. The minimum Gasteiger partial charge on any atom is -0.388 e. The number of aliphatic hydroxyl groups excluding tert-OH is 1. The van der Waals surface area contributed by atoms with Crippen molar-refractivity contribution in [1.29, 1.82) is 0 Å². The monoisotopic (exact) mass is 188 g/mol. The molecule has 0 aromatic heterocycles. The smallest absolute Gasteiger partial charge is 0.0824 e. The van der Waals surface area contributed by atoms with Gasteiger partial charge in [-0.2, -0.15) is 0 Å². The second-order valence-corrected chi connectivity index (χ2v) is 3.40. The van der Waals surface area contributed by atoms with Crippen LogP contribution in [0.1, 0.15) is 18.9 Å². The molecule has 1 aromatic carbocycles. The highest BCUT2D eigenvalue weighted by atomic mass is 16.3. The third kappa shape index (κ3) is 3.21. The van der Waals surface area contributed by atoms with Gasteiger partial charge < -0.3 is 5.11 Å². The van der Waals surface area contributed by atoms with Gasteiger partial charge in [0.1, 0.15) is 0 Å². The van der Waals surface area contributed by atoms with Crippen molar-refractivity contribution in [3.05, 3.63) is 53.8 Å². The highest BCUT2D eigenvalue weighted by Crippen LogP contribution is 2.09. The highest BCUT2D eigenvalue weighted by Gasteiger charge is 2.05. The van der Waals surface area contributed by atoms with Gasteiger partial charge in [0.2, 0.25) is 0 Å². The van der Waals surface area contributed by atoms with Gasteiger partial charge in [0, 0.05) is 0 Å². The fraction of sp³-hybridized carbons (Fsp3) is 0.308. The van der Waals surface area contributed by atoms with E-state index in [-0.39, 0.29) is 0 Å². The van der Waals surface area contributed by atoms with Crippen LogP contribution in [0.5, 0.6) is 0 Å². The molecule has 1 N–H and O–H groups in total. The number of aryl methyl sites for hydroxylation is 1. The van der Waals surface area contributed by atoms with Gasteiger partial charge in [-0.05, 0) is 30.9 Å². The molecule has 0 saturated heterocycles. The first-order chi connectivity index (χ1) is 6.74.